The summed E-state index contributed by atoms with van der Waals surface area (Å²) in [5.41, 5.74) is 1.21. The molecule has 1 saturated heterocycles. The molecule has 0 radical (unpaired) electrons. The van der Waals surface area contributed by atoms with Gasteiger partial charge in [0.25, 0.3) is 5.22 Å². The number of nitrogens with one attached hydrogen (secondary N) is 1. The van der Waals surface area contributed by atoms with Crippen LogP contribution in [-0.2, 0) is 16.0 Å². The maximum atomic E-state index is 11.9. The first-order valence-electron chi connectivity index (χ1n) is 9.16. The highest BCUT2D eigenvalue weighted by Gasteiger charge is 2.18. The number of thioether (sulfide) groups is 1. The number of carbonyl (C=O) groups excluding carboxylic acids is 2. The molecular formula is C19H24N4O3S. The lowest BCUT2D eigenvalue weighted by Crippen LogP contribution is -2.39. The summed E-state index contributed by atoms with van der Waals surface area (Å²) in [6, 6.07) is 10.2. The molecule has 1 fully saturated rings. The monoisotopic (exact) mass is 388 g/mol. The minimum Gasteiger partial charge on any atom is -0.416 e. The Kier molecular flexibility index (Phi) is 6.86. The van der Waals surface area contributed by atoms with Gasteiger partial charge in [-0.1, -0.05) is 49.0 Å². The van der Waals surface area contributed by atoms with Crippen LogP contribution >= 0.6 is 11.8 Å². The quantitative estimate of drug-likeness (QED) is 0.698. The number of hydrogen-bond donors (Lipinski definition) is 1. The highest BCUT2D eigenvalue weighted by Crippen LogP contribution is 2.22. The third-order valence-electron chi connectivity index (χ3n) is 4.52. The number of aromatic nitrogens is 2. The van der Waals surface area contributed by atoms with E-state index in [4.69, 9.17) is 4.42 Å². The van der Waals surface area contributed by atoms with Gasteiger partial charge in [-0.05, 0) is 24.3 Å². The van der Waals surface area contributed by atoms with E-state index >= 15 is 0 Å². The number of hydrogen-bond acceptors (Lipinski definition) is 6. The summed E-state index contributed by atoms with van der Waals surface area (Å²) in [4.78, 5) is 25.6. The molecule has 1 atom stereocenters. The van der Waals surface area contributed by atoms with Gasteiger partial charge in [0.15, 0.2) is 0 Å². The number of likely N-dealkylation sites (tertiary alicyclic amines) is 1. The standard InChI is InChI=1S/C19H24N4O3S/c1-14(15-7-3-2-4-8-15)11-17-21-22-19(26-17)27-13-16(24)20-12-18(25)23-9-5-6-10-23/h2-4,7-8,14H,5-6,9-13H2,1H3,(H,20,24). The van der Waals surface area contributed by atoms with Crippen LogP contribution in [0.15, 0.2) is 40.0 Å². The molecule has 1 unspecified atom stereocenters. The molecule has 1 aromatic heterocycles. The molecule has 2 amide bonds. The van der Waals surface area contributed by atoms with E-state index in [1.807, 2.05) is 18.2 Å². The third kappa shape index (κ3) is 5.82. The molecule has 0 spiro atoms. The maximum Gasteiger partial charge on any atom is 0.277 e. The van der Waals surface area contributed by atoms with Gasteiger partial charge in [0.1, 0.15) is 0 Å². The van der Waals surface area contributed by atoms with Crippen LogP contribution in [0.1, 0.15) is 37.1 Å². The lowest BCUT2D eigenvalue weighted by molar-refractivity contribution is -0.131. The van der Waals surface area contributed by atoms with E-state index in [-0.39, 0.29) is 30.0 Å². The number of nitrogens with zero attached hydrogens (tertiary/aromatic N) is 3. The third-order valence-corrected chi connectivity index (χ3v) is 5.34. The molecule has 1 aliphatic rings. The zero-order chi connectivity index (χ0) is 19.1. The fraction of sp³-hybridized carbons (Fsp3) is 0.474. The maximum absolute atomic E-state index is 11.9. The molecule has 1 N–H and O–H groups in total. The Labute approximate surface area is 162 Å². The van der Waals surface area contributed by atoms with Crippen molar-refractivity contribution in [1.29, 1.82) is 0 Å². The van der Waals surface area contributed by atoms with Gasteiger partial charge in [-0.2, -0.15) is 0 Å². The summed E-state index contributed by atoms with van der Waals surface area (Å²) in [6.07, 6.45) is 2.73. The summed E-state index contributed by atoms with van der Waals surface area (Å²) in [5, 5.41) is 11.1. The molecule has 2 aromatic rings. The molecule has 8 heteroatoms. The highest BCUT2D eigenvalue weighted by atomic mass is 32.2. The number of amides is 2. The van der Waals surface area contributed by atoms with Crippen LogP contribution in [0.3, 0.4) is 0 Å². The fourth-order valence-corrected chi connectivity index (χ4v) is 3.58. The predicted octanol–water partition coefficient (Wildman–Crippen LogP) is 2.25. The minimum absolute atomic E-state index is 0.0270. The summed E-state index contributed by atoms with van der Waals surface area (Å²) >= 11 is 1.18. The smallest absolute Gasteiger partial charge is 0.277 e. The molecule has 0 aliphatic carbocycles. The van der Waals surface area contributed by atoms with Gasteiger partial charge < -0.3 is 14.6 Å². The number of benzene rings is 1. The van der Waals surface area contributed by atoms with E-state index in [0.29, 0.717) is 17.5 Å². The normalized spacial score (nSPS) is 14.9. The largest absolute Gasteiger partial charge is 0.416 e. The summed E-state index contributed by atoms with van der Waals surface area (Å²) < 4.78 is 5.62. The molecule has 144 valence electrons. The molecule has 0 bridgehead atoms. The first-order valence-corrected chi connectivity index (χ1v) is 10.1. The molecule has 27 heavy (non-hydrogen) atoms. The van der Waals surface area contributed by atoms with E-state index in [1.165, 1.54) is 17.3 Å². The predicted molar refractivity (Wildman–Crippen MR) is 102 cm³/mol. The zero-order valence-electron chi connectivity index (χ0n) is 15.4. The van der Waals surface area contributed by atoms with Crippen molar-refractivity contribution in [2.75, 3.05) is 25.4 Å². The molecule has 1 aromatic carbocycles. The van der Waals surface area contributed by atoms with Crippen LogP contribution in [-0.4, -0.2) is 52.3 Å². The minimum atomic E-state index is -0.218. The van der Waals surface area contributed by atoms with Crippen molar-refractivity contribution in [3.63, 3.8) is 0 Å². The van der Waals surface area contributed by atoms with Crippen molar-refractivity contribution in [3.8, 4) is 0 Å². The number of carbonyl (C=O) groups is 2. The lowest BCUT2D eigenvalue weighted by Gasteiger charge is -2.15. The molecule has 1 aliphatic heterocycles. The van der Waals surface area contributed by atoms with Crippen LogP contribution in [0.5, 0.6) is 0 Å². The Balaban J connectivity index is 1.40. The fourth-order valence-electron chi connectivity index (χ4n) is 2.97. The van der Waals surface area contributed by atoms with E-state index in [2.05, 4.69) is 34.6 Å². The SMILES string of the molecule is CC(Cc1nnc(SCC(=O)NCC(=O)N2CCCC2)o1)c1ccccc1. The van der Waals surface area contributed by atoms with Gasteiger partial charge in [0.05, 0.1) is 12.3 Å². The van der Waals surface area contributed by atoms with Gasteiger partial charge in [0, 0.05) is 19.5 Å². The van der Waals surface area contributed by atoms with Crippen molar-refractivity contribution < 1.29 is 14.0 Å². The summed E-state index contributed by atoms with van der Waals surface area (Å²) in [6.45, 7) is 3.73. The van der Waals surface area contributed by atoms with Crippen LogP contribution in [0, 0.1) is 0 Å². The summed E-state index contributed by atoms with van der Waals surface area (Å²) in [5.74, 6) is 0.719. The highest BCUT2D eigenvalue weighted by molar-refractivity contribution is 7.99. The Morgan fingerprint density at radius 1 is 1.22 bits per heavy atom. The Bertz CT molecular complexity index is 759. The second kappa shape index (κ2) is 9.55. The van der Waals surface area contributed by atoms with Gasteiger partial charge in [-0.3, -0.25) is 9.59 Å². The van der Waals surface area contributed by atoms with Crippen molar-refractivity contribution in [3.05, 3.63) is 41.8 Å². The van der Waals surface area contributed by atoms with E-state index in [0.717, 1.165) is 25.9 Å². The van der Waals surface area contributed by atoms with E-state index in [9.17, 15) is 9.59 Å². The van der Waals surface area contributed by atoms with Gasteiger partial charge in [0.2, 0.25) is 17.7 Å². The van der Waals surface area contributed by atoms with Crippen LogP contribution in [0.4, 0.5) is 0 Å². The van der Waals surface area contributed by atoms with Crippen molar-refractivity contribution in [2.45, 2.75) is 37.3 Å². The number of rotatable bonds is 8. The van der Waals surface area contributed by atoms with Crippen molar-refractivity contribution in [2.24, 2.45) is 0 Å². The van der Waals surface area contributed by atoms with Gasteiger partial charge in [-0.15, -0.1) is 10.2 Å². The Morgan fingerprint density at radius 2 is 1.96 bits per heavy atom. The average Bonchev–Trinajstić information content (AvgIpc) is 3.37. The molecule has 7 nitrogen and oxygen atoms in total. The molecule has 2 heterocycles. The molecule has 3 rings (SSSR count). The van der Waals surface area contributed by atoms with Gasteiger partial charge in [-0.25, -0.2) is 0 Å². The molecule has 0 saturated carbocycles. The second-order valence-electron chi connectivity index (χ2n) is 6.63. The van der Waals surface area contributed by atoms with E-state index in [1.54, 1.807) is 4.90 Å². The van der Waals surface area contributed by atoms with Crippen molar-refractivity contribution in [1.82, 2.24) is 20.4 Å². The van der Waals surface area contributed by atoms with E-state index < -0.39 is 0 Å². The summed E-state index contributed by atoms with van der Waals surface area (Å²) in [7, 11) is 0. The van der Waals surface area contributed by atoms with Crippen LogP contribution < -0.4 is 5.32 Å². The van der Waals surface area contributed by atoms with Crippen LogP contribution in [0.2, 0.25) is 0 Å². The Hall–Kier alpha value is -2.35. The van der Waals surface area contributed by atoms with Gasteiger partial charge >= 0.3 is 0 Å². The van der Waals surface area contributed by atoms with Crippen LogP contribution in [0.25, 0.3) is 0 Å². The van der Waals surface area contributed by atoms with Crippen molar-refractivity contribution >= 4 is 23.6 Å². The second-order valence-corrected chi connectivity index (χ2v) is 7.56. The molecular weight excluding hydrogens is 364 g/mol. The first kappa shape index (κ1) is 19.4. The average molecular weight is 388 g/mol. The lowest BCUT2D eigenvalue weighted by atomic mass is 9.98. The topological polar surface area (TPSA) is 88.3 Å². The zero-order valence-corrected chi connectivity index (χ0v) is 16.2. The first-order chi connectivity index (χ1) is 13.1. The Morgan fingerprint density at radius 3 is 2.70 bits per heavy atom.